The summed E-state index contributed by atoms with van der Waals surface area (Å²) < 4.78 is 41.7. The van der Waals surface area contributed by atoms with Crippen molar-refractivity contribution in [1.82, 2.24) is 4.90 Å². The second-order valence-electron chi connectivity index (χ2n) is 17.9. The van der Waals surface area contributed by atoms with Crippen molar-refractivity contribution in [2.75, 3.05) is 38.8 Å². The van der Waals surface area contributed by atoms with E-state index in [1.54, 1.807) is 59.1 Å². The third-order valence-corrected chi connectivity index (χ3v) is 14.6. The standard InChI is InChI=1S/C55H62FN3O8S/c1-2-29-65-55-50(59(37-39-19-23-42(56)24-20-39)54(62)40-21-17-38(36-57)18-22-40)35-48(58-67-51-16-8-11-30-64-51)46-33-41(12-6-9-27-60)45(15-7-10-28-61)52(53(46)55)47-34-43(25-26-49(47)66-55)63-31-32-68-44-13-4-3-5-14-44/h2-5,13-14,17-26,33-34,41,45,50-53,60-61H,1,6-12,15-16,27-32,35,37H2/t41-,45+,50-,51?,52+,53+,55+/m0/s1. The molecule has 8 rings (SSSR count). The first-order chi connectivity index (χ1) is 33.3. The number of rotatable bonds is 22. The Morgan fingerprint density at radius 1 is 0.985 bits per heavy atom. The van der Waals surface area contributed by atoms with E-state index in [4.69, 9.17) is 28.9 Å². The second-order valence-corrected chi connectivity index (χ2v) is 19.1. The molecule has 1 saturated carbocycles. The number of benzene rings is 4. The van der Waals surface area contributed by atoms with Crippen LogP contribution in [0.1, 0.15) is 97.2 Å². The maximum Gasteiger partial charge on any atom is 0.254 e. The average molecular weight is 944 g/mol. The Hall–Kier alpha value is -5.49. The lowest BCUT2D eigenvalue weighted by Crippen LogP contribution is -2.70. The molecule has 11 nitrogen and oxygen atoms in total. The first-order valence-electron chi connectivity index (χ1n) is 24.1. The van der Waals surface area contributed by atoms with Crippen molar-refractivity contribution in [1.29, 1.82) is 5.26 Å². The quantitative estimate of drug-likeness (QED) is 0.0338. The molecule has 68 heavy (non-hydrogen) atoms. The highest BCUT2D eigenvalue weighted by Gasteiger charge is 2.65. The van der Waals surface area contributed by atoms with E-state index < -0.39 is 29.9 Å². The predicted octanol–water partition coefficient (Wildman–Crippen LogP) is 10.4. The number of ether oxygens (including phenoxy) is 4. The number of amides is 1. The Balaban J connectivity index is 1.31. The third kappa shape index (κ3) is 11.3. The van der Waals surface area contributed by atoms with E-state index in [0.29, 0.717) is 66.4 Å². The van der Waals surface area contributed by atoms with Gasteiger partial charge in [-0.15, -0.1) is 18.3 Å². The summed E-state index contributed by atoms with van der Waals surface area (Å²) in [6.07, 6.45) is 10.6. The van der Waals surface area contributed by atoms with Gasteiger partial charge in [-0.3, -0.25) is 4.79 Å². The zero-order chi connectivity index (χ0) is 47.3. The first kappa shape index (κ1) is 48.9. The fourth-order valence-electron chi connectivity index (χ4n) is 10.5. The van der Waals surface area contributed by atoms with E-state index >= 15 is 4.79 Å². The monoisotopic (exact) mass is 943 g/mol. The fraction of sp³-hybridized carbons (Fsp3) is 0.436. The number of carbonyl (C=O) groups is 1. The predicted molar refractivity (Wildman–Crippen MR) is 260 cm³/mol. The number of thioether (sulfide) groups is 1. The molecule has 4 aromatic carbocycles. The van der Waals surface area contributed by atoms with E-state index in [1.807, 2.05) is 30.3 Å². The minimum Gasteiger partial charge on any atom is -0.493 e. The van der Waals surface area contributed by atoms with Gasteiger partial charge in [-0.05, 0) is 128 Å². The number of aliphatic hydroxyl groups is 2. The van der Waals surface area contributed by atoms with Gasteiger partial charge in [-0.1, -0.05) is 60.5 Å². The summed E-state index contributed by atoms with van der Waals surface area (Å²) in [5.74, 6) is -0.979. The lowest BCUT2D eigenvalue weighted by Gasteiger charge is -2.60. The topological polar surface area (TPSA) is 143 Å². The number of unbranched alkanes of at least 4 members (excludes halogenated alkanes) is 2. The Labute approximate surface area is 403 Å². The smallest absolute Gasteiger partial charge is 0.254 e. The van der Waals surface area contributed by atoms with Gasteiger partial charge in [0.05, 0.1) is 43.1 Å². The van der Waals surface area contributed by atoms with Crippen molar-refractivity contribution in [3.05, 3.63) is 149 Å². The first-order valence-corrected chi connectivity index (χ1v) is 25.1. The summed E-state index contributed by atoms with van der Waals surface area (Å²) in [5.41, 5.74) is 3.96. The molecule has 4 aromatic rings. The molecule has 0 radical (unpaired) electrons. The van der Waals surface area contributed by atoms with Crippen LogP contribution in [-0.4, -0.2) is 83.6 Å². The maximum absolute atomic E-state index is 15.4. The number of aliphatic hydroxyl groups excluding tert-OH is 2. The second kappa shape index (κ2) is 23.7. The molecule has 2 heterocycles. The van der Waals surface area contributed by atoms with E-state index in [2.05, 4.69) is 36.9 Å². The minimum atomic E-state index is -1.53. The zero-order valence-electron chi connectivity index (χ0n) is 38.6. The van der Waals surface area contributed by atoms with Crippen molar-refractivity contribution in [3.63, 3.8) is 0 Å². The maximum atomic E-state index is 15.4. The summed E-state index contributed by atoms with van der Waals surface area (Å²) >= 11 is 1.73. The molecular formula is C55H62FN3O8S. The molecule has 0 spiro atoms. The Kier molecular flexibility index (Phi) is 17.1. The lowest BCUT2D eigenvalue weighted by molar-refractivity contribution is -0.255. The molecule has 2 aliphatic heterocycles. The van der Waals surface area contributed by atoms with Crippen molar-refractivity contribution in [2.24, 2.45) is 22.9 Å². The van der Waals surface area contributed by atoms with Crippen LogP contribution >= 0.6 is 11.8 Å². The average Bonchev–Trinajstić information content (AvgIpc) is 3.37. The molecule has 1 amide bonds. The highest BCUT2D eigenvalue weighted by Crippen LogP contribution is 2.62. The summed E-state index contributed by atoms with van der Waals surface area (Å²) in [5, 5.41) is 34.7. The van der Waals surface area contributed by atoms with Gasteiger partial charge in [0.1, 0.15) is 23.4 Å². The molecule has 2 fully saturated rings. The van der Waals surface area contributed by atoms with Gasteiger partial charge in [0, 0.05) is 60.3 Å². The van der Waals surface area contributed by atoms with Crippen LogP contribution in [0.3, 0.4) is 0 Å². The van der Waals surface area contributed by atoms with Crippen LogP contribution in [0.5, 0.6) is 11.5 Å². The molecule has 2 aliphatic carbocycles. The fourth-order valence-corrected chi connectivity index (χ4v) is 11.2. The van der Waals surface area contributed by atoms with Crippen molar-refractivity contribution < 1.29 is 43.2 Å². The van der Waals surface area contributed by atoms with Crippen molar-refractivity contribution in [3.8, 4) is 17.6 Å². The zero-order valence-corrected chi connectivity index (χ0v) is 39.4. The number of hydrogen-bond acceptors (Lipinski definition) is 11. The molecule has 1 saturated heterocycles. The van der Waals surface area contributed by atoms with Crippen LogP contribution in [0, 0.1) is 34.9 Å². The molecule has 13 heteroatoms. The molecule has 4 aliphatic rings. The highest BCUT2D eigenvalue weighted by atomic mass is 32.2. The normalized spacial score (nSPS) is 24.4. The van der Waals surface area contributed by atoms with Gasteiger partial charge in [-0.25, -0.2) is 4.39 Å². The Morgan fingerprint density at radius 2 is 1.76 bits per heavy atom. The van der Waals surface area contributed by atoms with Crippen LogP contribution in [0.25, 0.3) is 0 Å². The SMILES string of the molecule is C=CCO[C@@]12Oc3ccc(OCCSc4ccccc4)cc3[C@H]3[C@H](CCCCO)[C@@H](CCCCO)C=C(C(=NOC4CCCCO4)C[C@@H]1N(Cc1ccc(F)cc1)C(=O)c1ccc(C#N)cc1)[C@H]32. The summed E-state index contributed by atoms with van der Waals surface area (Å²) in [7, 11) is 0. The van der Waals surface area contributed by atoms with Crippen LogP contribution in [-0.2, 0) is 20.9 Å². The van der Waals surface area contributed by atoms with Crippen LogP contribution in [0.15, 0.2) is 131 Å². The van der Waals surface area contributed by atoms with Gasteiger partial charge < -0.3 is 38.9 Å². The van der Waals surface area contributed by atoms with Gasteiger partial charge in [-0.2, -0.15) is 5.26 Å². The number of nitriles is 1. The van der Waals surface area contributed by atoms with Crippen LogP contribution in [0.4, 0.5) is 4.39 Å². The molecular weight excluding hydrogens is 882 g/mol. The minimum absolute atomic E-state index is 0.00890. The largest absolute Gasteiger partial charge is 0.493 e. The molecule has 2 N–H and O–H groups in total. The number of oxime groups is 1. The van der Waals surface area contributed by atoms with Gasteiger partial charge >= 0.3 is 0 Å². The highest BCUT2D eigenvalue weighted by molar-refractivity contribution is 7.99. The van der Waals surface area contributed by atoms with Crippen LogP contribution < -0.4 is 9.47 Å². The summed E-state index contributed by atoms with van der Waals surface area (Å²) in [6.45, 7) is 5.41. The van der Waals surface area contributed by atoms with E-state index in [0.717, 1.165) is 55.4 Å². The molecule has 0 aromatic heterocycles. The molecule has 1 unspecified atom stereocenters. The lowest BCUT2D eigenvalue weighted by atomic mass is 9.55. The van der Waals surface area contributed by atoms with Crippen molar-refractivity contribution in [2.45, 2.75) is 99.7 Å². The number of carbonyl (C=O) groups excluding carboxylic acids is 1. The summed E-state index contributed by atoms with van der Waals surface area (Å²) in [6, 6.07) is 30.2. The molecule has 7 atom stereocenters. The number of fused-ring (bicyclic) bond motifs is 2. The van der Waals surface area contributed by atoms with E-state index in [-0.39, 0.29) is 56.4 Å². The number of nitrogens with zero attached hydrogens (tertiary/aromatic N) is 3. The molecule has 358 valence electrons. The Bertz CT molecular complexity index is 2400. The van der Waals surface area contributed by atoms with Gasteiger partial charge in [0.25, 0.3) is 5.91 Å². The Morgan fingerprint density at radius 3 is 2.49 bits per heavy atom. The number of halogens is 1. The number of allylic oxidation sites excluding steroid dienone is 1. The summed E-state index contributed by atoms with van der Waals surface area (Å²) in [4.78, 5) is 24.6. The number of hydrogen-bond donors (Lipinski definition) is 2. The van der Waals surface area contributed by atoms with E-state index in [1.165, 1.54) is 17.0 Å². The van der Waals surface area contributed by atoms with Gasteiger partial charge in [0.15, 0.2) is 0 Å². The van der Waals surface area contributed by atoms with E-state index in [9.17, 15) is 19.9 Å². The van der Waals surface area contributed by atoms with Gasteiger partial charge in [0.2, 0.25) is 12.1 Å². The van der Waals surface area contributed by atoms with Crippen molar-refractivity contribution >= 4 is 23.4 Å². The van der Waals surface area contributed by atoms with Crippen LogP contribution in [0.2, 0.25) is 0 Å². The third-order valence-electron chi connectivity index (χ3n) is 13.6. The molecule has 0 bridgehead atoms.